The summed E-state index contributed by atoms with van der Waals surface area (Å²) in [6.07, 6.45) is 2.67. The van der Waals surface area contributed by atoms with E-state index in [1.165, 1.54) is 0 Å². The zero-order valence-electron chi connectivity index (χ0n) is 12.9. The molecule has 1 aromatic rings. The molecule has 0 atom stereocenters. The molecule has 1 rings (SSSR count). The smallest absolute Gasteiger partial charge is 0.130 e. The average molecular weight is 266 g/mol. The van der Waals surface area contributed by atoms with Crippen LogP contribution in [0.5, 0.6) is 5.75 Å². The highest BCUT2D eigenvalue weighted by molar-refractivity contribution is 5.48. The van der Waals surface area contributed by atoms with Crippen LogP contribution in [0.25, 0.3) is 0 Å². The predicted molar refractivity (Wildman–Crippen MR) is 78.6 cm³/mol. The number of ether oxygens (including phenoxy) is 1. The van der Waals surface area contributed by atoms with E-state index in [2.05, 4.69) is 31.1 Å². The molecule has 108 valence electrons. The van der Waals surface area contributed by atoms with Crippen LogP contribution in [0, 0.1) is 0 Å². The van der Waals surface area contributed by atoms with Crippen molar-refractivity contribution in [1.82, 2.24) is 4.98 Å². The lowest BCUT2D eigenvalue weighted by molar-refractivity contribution is 0.0746. The maximum Gasteiger partial charge on any atom is 0.130 e. The molecule has 0 aliphatic heterocycles. The number of aliphatic hydroxyl groups is 1. The van der Waals surface area contributed by atoms with Gasteiger partial charge in [-0.05, 0) is 41.0 Å². The van der Waals surface area contributed by atoms with Gasteiger partial charge in [0.05, 0.1) is 12.2 Å². The first kappa shape index (κ1) is 15.8. The SMILES string of the molecule is CCOc1cc(NC(C)(C)CC)ncc1C(C)(C)O. The molecule has 19 heavy (non-hydrogen) atoms. The Morgan fingerprint density at radius 1 is 1.26 bits per heavy atom. The number of hydrogen-bond acceptors (Lipinski definition) is 4. The van der Waals surface area contributed by atoms with Gasteiger partial charge < -0.3 is 15.2 Å². The van der Waals surface area contributed by atoms with E-state index in [9.17, 15) is 5.11 Å². The molecule has 1 aromatic heterocycles. The monoisotopic (exact) mass is 266 g/mol. The third kappa shape index (κ3) is 4.39. The molecule has 4 heteroatoms. The van der Waals surface area contributed by atoms with Crippen LogP contribution in [0.4, 0.5) is 5.82 Å². The highest BCUT2D eigenvalue weighted by atomic mass is 16.5. The topological polar surface area (TPSA) is 54.4 Å². The van der Waals surface area contributed by atoms with Crippen LogP contribution in [-0.4, -0.2) is 22.2 Å². The van der Waals surface area contributed by atoms with Crippen molar-refractivity contribution < 1.29 is 9.84 Å². The standard InChI is InChI=1S/C15H26N2O2/c1-7-14(3,4)17-13-9-12(19-8-2)11(10-16-13)15(5,6)18/h9-10,18H,7-8H2,1-6H3,(H,16,17). The fraction of sp³-hybridized carbons (Fsp3) is 0.667. The molecule has 0 aromatic carbocycles. The molecule has 0 unspecified atom stereocenters. The van der Waals surface area contributed by atoms with E-state index < -0.39 is 5.60 Å². The van der Waals surface area contributed by atoms with Crippen LogP contribution in [0.2, 0.25) is 0 Å². The van der Waals surface area contributed by atoms with E-state index in [0.717, 1.165) is 12.2 Å². The Morgan fingerprint density at radius 3 is 2.37 bits per heavy atom. The van der Waals surface area contributed by atoms with Gasteiger partial charge in [-0.3, -0.25) is 0 Å². The molecule has 0 amide bonds. The van der Waals surface area contributed by atoms with Crippen LogP contribution >= 0.6 is 0 Å². The van der Waals surface area contributed by atoms with Crippen molar-refractivity contribution in [3.05, 3.63) is 17.8 Å². The van der Waals surface area contributed by atoms with E-state index in [0.29, 0.717) is 17.9 Å². The molecule has 0 radical (unpaired) electrons. The number of hydrogen-bond donors (Lipinski definition) is 2. The number of pyridine rings is 1. The maximum absolute atomic E-state index is 10.1. The third-order valence-corrected chi connectivity index (χ3v) is 3.18. The van der Waals surface area contributed by atoms with Gasteiger partial charge in [0.2, 0.25) is 0 Å². The summed E-state index contributed by atoms with van der Waals surface area (Å²) >= 11 is 0. The average Bonchev–Trinajstić information content (AvgIpc) is 2.27. The van der Waals surface area contributed by atoms with E-state index in [-0.39, 0.29) is 5.54 Å². The minimum atomic E-state index is -0.962. The molecular weight excluding hydrogens is 240 g/mol. The molecule has 4 nitrogen and oxygen atoms in total. The summed E-state index contributed by atoms with van der Waals surface area (Å²) in [7, 11) is 0. The van der Waals surface area contributed by atoms with Gasteiger partial charge in [0, 0.05) is 23.4 Å². The van der Waals surface area contributed by atoms with Gasteiger partial charge >= 0.3 is 0 Å². The summed E-state index contributed by atoms with van der Waals surface area (Å²) in [5.41, 5.74) is -0.280. The van der Waals surface area contributed by atoms with Crippen LogP contribution < -0.4 is 10.1 Å². The Bertz CT molecular complexity index is 423. The zero-order chi connectivity index (χ0) is 14.7. The normalized spacial score (nSPS) is 12.4. The van der Waals surface area contributed by atoms with Gasteiger partial charge in [0.1, 0.15) is 11.6 Å². The Hall–Kier alpha value is -1.29. The van der Waals surface area contributed by atoms with E-state index in [4.69, 9.17) is 4.74 Å². The van der Waals surface area contributed by atoms with Gasteiger partial charge in [-0.1, -0.05) is 6.92 Å². The molecule has 0 aliphatic rings. The highest BCUT2D eigenvalue weighted by Gasteiger charge is 2.23. The van der Waals surface area contributed by atoms with Gasteiger partial charge in [0.15, 0.2) is 0 Å². The first-order valence-electron chi connectivity index (χ1n) is 6.83. The molecular formula is C15H26N2O2. The molecule has 2 N–H and O–H groups in total. The van der Waals surface area contributed by atoms with Crippen molar-refractivity contribution >= 4 is 5.82 Å². The number of rotatable bonds is 6. The summed E-state index contributed by atoms with van der Waals surface area (Å²) in [5.74, 6) is 1.45. The molecule has 0 saturated heterocycles. The molecule has 0 fully saturated rings. The summed E-state index contributed by atoms with van der Waals surface area (Å²) in [5, 5.41) is 13.5. The lowest BCUT2D eigenvalue weighted by Gasteiger charge is -2.27. The van der Waals surface area contributed by atoms with Gasteiger partial charge in [0.25, 0.3) is 0 Å². The molecule has 0 bridgehead atoms. The molecule has 0 spiro atoms. The number of nitrogens with one attached hydrogen (secondary N) is 1. The predicted octanol–water partition coefficient (Wildman–Crippen LogP) is 3.31. The fourth-order valence-electron chi connectivity index (χ4n) is 1.67. The Balaban J connectivity index is 3.09. The highest BCUT2D eigenvalue weighted by Crippen LogP contribution is 2.31. The Labute approximate surface area is 116 Å². The van der Waals surface area contributed by atoms with Crippen LogP contribution in [0.3, 0.4) is 0 Å². The van der Waals surface area contributed by atoms with Crippen LogP contribution in [-0.2, 0) is 5.60 Å². The Kier molecular flexibility index (Phi) is 4.80. The molecule has 0 aliphatic carbocycles. The summed E-state index contributed by atoms with van der Waals surface area (Å²) < 4.78 is 5.61. The number of anilines is 1. The quantitative estimate of drug-likeness (QED) is 0.829. The minimum absolute atomic E-state index is 0.0211. The summed E-state index contributed by atoms with van der Waals surface area (Å²) in [6.45, 7) is 12.3. The van der Waals surface area contributed by atoms with Gasteiger partial charge in [-0.2, -0.15) is 0 Å². The third-order valence-electron chi connectivity index (χ3n) is 3.18. The van der Waals surface area contributed by atoms with Crippen molar-refractivity contribution in [3.8, 4) is 5.75 Å². The number of aromatic nitrogens is 1. The van der Waals surface area contributed by atoms with Crippen LogP contribution in [0.1, 0.15) is 53.5 Å². The van der Waals surface area contributed by atoms with E-state index in [1.54, 1.807) is 20.0 Å². The van der Waals surface area contributed by atoms with Crippen molar-refractivity contribution in [2.45, 2.75) is 59.1 Å². The lowest BCUT2D eigenvalue weighted by Crippen LogP contribution is -2.30. The second-order valence-electron chi connectivity index (χ2n) is 5.92. The second-order valence-corrected chi connectivity index (χ2v) is 5.92. The molecule has 0 saturated carbocycles. The van der Waals surface area contributed by atoms with Crippen molar-refractivity contribution in [3.63, 3.8) is 0 Å². The van der Waals surface area contributed by atoms with Crippen molar-refractivity contribution in [2.24, 2.45) is 0 Å². The van der Waals surface area contributed by atoms with Crippen molar-refractivity contribution in [1.29, 1.82) is 0 Å². The fourth-order valence-corrected chi connectivity index (χ4v) is 1.67. The van der Waals surface area contributed by atoms with E-state index >= 15 is 0 Å². The lowest BCUT2D eigenvalue weighted by atomic mass is 9.99. The van der Waals surface area contributed by atoms with Crippen LogP contribution in [0.15, 0.2) is 12.3 Å². The summed E-state index contributed by atoms with van der Waals surface area (Å²) in [6, 6.07) is 1.86. The molecule has 1 heterocycles. The zero-order valence-corrected chi connectivity index (χ0v) is 12.9. The van der Waals surface area contributed by atoms with E-state index in [1.807, 2.05) is 13.0 Å². The maximum atomic E-state index is 10.1. The van der Waals surface area contributed by atoms with Crippen molar-refractivity contribution in [2.75, 3.05) is 11.9 Å². The number of nitrogens with zero attached hydrogens (tertiary/aromatic N) is 1. The summed E-state index contributed by atoms with van der Waals surface area (Å²) in [4.78, 5) is 4.37. The van der Waals surface area contributed by atoms with Gasteiger partial charge in [-0.25, -0.2) is 4.98 Å². The largest absolute Gasteiger partial charge is 0.493 e. The minimum Gasteiger partial charge on any atom is -0.493 e. The first-order valence-corrected chi connectivity index (χ1v) is 6.83. The first-order chi connectivity index (χ1) is 8.69. The van der Waals surface area contributed by atoms with Gasteiger partial charge in [-0.15, -0.1) is 0 Å². The second kappa shape index (κ2) is 5.78. The Morgan fingerprint density at radius 2 is 1.89 bits per heavy atom.